The summed E-state index contributed by atoms with van der Waals surface area (Å²) < 4.78 is 6.15. The lowest BCUT2D eigenvalue weighted by atomic mass is 9.48. The summed E-state index contributed by atoms with van der Waals surface area (Å²) in [5, 5.41) is 5.15. The molecule has 0 aromatic carbocycles. The van der Waals surface area contributed by atoms with Crippen LogP contribution >= 0.6 is 11.3 Å². The van der Waals surface area contributed by atoms with Crippen LogP contribution in [0.5, 0.6) is 0 Å². The fraction of sp³-hybridized carbons (Fsp3) is 0.704. The van der Waals surface area contributed by atoms with Gasteiger partial charge in [-0.25, -0.2) is 4.79 Å². The number of nitrogens with one attached hydrogen (secondary N) is 1. The van der Waals surface area contributed by atoms with Crippen molar-refractivity contribution >= 4 is 23.3 Å². The molecule has 1 aromatic heterocycles. The van der Waals surface area contributed by atoms with Crippen molar-refractivity contribution in [2.24, 2.45) is 28.6 Å². The maximum atomic E-state index is 12.9. The van der Waals surface area contributed by atoms with Gasteiger partial charge in [-0.3, -0.25) is 4.79 Å². The summed E-state index contributed by atoms with van der Waals surface area (Å²) >= 11 is 1.65. The summed E-state index contributed by atoms with van der Waals surface area (Å²) in [6, 6.07) is 4.38. The van der Waals surface area contributed by atoms with Gasteiger partial charge in [0.25, 0.3) is 0 Å². The smallest absolute Gasteiger partial charge is 0.408 e. The van der Waals surface area contributed by atoms with Crippen molar-refractivity contribution < 1.29 is 14.3 Å². The van der Waals surface area contributed by atoms with Crippen molar-refractivity contribution in [3.8, 4) is 0 Å². The maximum Gasteiger partial charge on any atom is 0.408 e. The number of fused-ring (bicyclic) bond motifs is 5. The first-order valence-corrected chi connectivity index (χ1v) is 13.4. The van der Waals surface area contributed by atoms with Gasteiger partial charge in [0.15, 0.2) is 0 Å². The Morgan fingerprint density at radius 2 is 1.97 bits per heavy atom. The molecule has 1 aromatic rings. The molecule has 2 heterocycles. The Labute approximate surface area is 201 Å². The standard InChI is InChI=1S/C27H38N2O3S/c1-25(2,22-7-6-16-33-22)28-24(31)32-21-11-9-18-17-8-10-20-26(3,15-13-23(30)29(20)5)19(17)12-14-27(18,21)4/h6-7,13,15-21H,8-12,14H2,1-5H3,(H,28,31)/t17-,18-,19-,20+,21-,26+,27-/m0/s1. The minimum absolute atomic E-state index is 0.0285. The molecule has 3 aliphatic carbocycles. The number of likely N-dealkylation sites (N-methyl/N-ethyl adjacent to an activating group) is 1. The first-order valence-electron chi connectivity index (χ1n) is 12.5. The molecule has 1 aliphatic heterocycles. The highest BCUT2D eigenvalue weighted by Gasteiger charge is 2.61. The minimum Gasteiger partial charge on any atom is -0.446 e. The average molecular weight is 471 g/mol. The molecule has 0 spiro atoms. The summed E-state index contributed by atoms with van der Waals surface area (Å²) in [4.78, 5) is 28.3. The highest BCUT2D eigenvalue weighted by atomic mass is 32.1. The van der Waals surface area contributed by atoms with Crippen LogP contribution in [-0.2, 0) is 15.1 Å². The van der Waals surface area contributed by atoms with Crippen molar-refractivity contribution in [3.05, 3.63) is 34.5 Å². The van der Waals surface area contributed by atoms with Crippen molar-refractivity contribution in [2.45, 2.75) is 83.9 Å². The predicted molar refractivity (Wildman–Crippen MR) is 131 cm³/mol. The topological polar surface area (TPSA) is 58.6 Å². The first kappa shape index (κ1) is 22.9. The molecule has 1 N–H and O–H groups in total. The molecule has 2 amide bonds. The number of rotatable bonds is 3. The highest BCUT2D eigenvalue weighted by molar-refractivity contribution is 7.10. The molecule has 0 unspecified atom stereocenters. The molecular weight excluding hydrogens is 432 g/mol. The summed E-state index contributed by atoms with van der Waals surface area (Å²) in [6.45, 7) is 8.80. The number of nitrogens with zero attached hydrogens (tertiary/aromatic N) is 1. The Kier molecular flexibility index (Phi) is 5.47. The van der Waals surface area contributed by atoms with Crippen LogP contribution in [0.4, 0.5) is 4.79 Å². The lowest BCUT2D eigenvalue weighted by molar-refractivity contribution is -0.140. The zero-order chi connectivity index (χ0) is 23.6. The van der Waals surface area contributed by atoms with E-state index in [1.54, 1.807) is 17.4 Å². The Hall–Kier alpha value is -1.82. The quantitative estimate of drug-likeness (QED) is 0.615. The van der Waals surface area contributed by atoms with Gasteiger partial charge in [-0.05, 0) is 87.6 Å². The first-order chi connectivity index (χ1) is 15.6. The molecule has 180 valence electrons. The monoisotopic (exact) mass is 470 g/mol. The molecule has 0 bridgehead atoms. The molecule has 4 aliphatic rings. The number of hydrogen-bond acceptors (Lipinski definition) is 4. The van der Waals surface area contributed by atoms with Crippen LogP contribution in [0.2, 0.25) is 0 Å². The molecular formula is C27H38N2O3S. The van der Waals surface area contributed by atoms with Crippen LogP contribution in [0.25, 0.3) is 0 Å². The number of carbonyl (C=O) groups is 2. The largest absolute Gasteiger partial charge is 0.446 e. The van der Waals surface area contributed by atoms with Crippen LogP contribution in [-0.4, -0.2) is 36.1 Å². The third kappa shape index (κ3) is 3.55. The van der Waals surface area contributed by atoms with Gasteiger partial charge in [-0.1, -0.05) is 26.0 Å². The Bertz CT molecular complexity index is 957. The van der Waals surface area contributed by atoms with Crippen molar-refractivity contribution in [3.63, 3.8) is 0 Å². The van der Waals surface area contributed by atoms with E-state index in [2.05, 4.69) is 31.3 Å². The number of hydrogen-bond donors (Lipinski definition) is 1. The molecule has 3 fully saturated rings. The van der Waals surface area contributed by atoms with Gasteiger partial charge in [0.2, 0.25) is 5.91 Å². The van der Waals surface area contributed by atoms with Crippen molar-refractivity contribution in [1.82, 2.24) is 10.2 Å². The van der Waals surface area contributed by atoms with E-state index < -0.39 is 5.54 Å². The third-order valence-corrected chi connectivity index (χ3v) is 11.0. The average Bonchev–Trinajstić information content (AvgIpc) is 3.40. The minimum atomic E-state index is -0.439. The highest BCUT2D eigenvalue weighted by Crippen LogP contribution is 2.64. The van der Waals surface area contributed by atoms with E-state index in [9.17, 15) is 9.59 Å². The van der Waals surface area contributed by atoms with Gasteiger partial charge in [0.05, 0.1) is 5.54 Å². The molecule has 0 saturated heterocycles. The summed E-state index contributed by atoms with van der Waals surface area (Å²) in [5.41, 5.74) is -0.353. The lowest BCUT2D eigenvalue weighted by Gasteiger charge is -2.60. The Morgan fingerprint density at radius 1 is 1.18 bits per heavy atom. The van der Waals surface area contributed by atoms with E-state index in [-0.39, 0.29) is 28.9 Å². The van der Waals surface area contributed by atoms with Crippen LogP contribution in [0, 0.1) is 28.6 Å². The summed E-state index contributed by atoms with van der Waals surface area (Å²) in [6.07, 6.45) is 10.2. The van der Waals surface area contributed by atoms with E-state index in [0.717, 1.165) is 37.0 Å². The number of ether oxygens (including phenoxy) is 1. The van der Waals surface area contributed by atoms with Gasteiger partial charge in [-0.15, -0.1) is 11.3 Å². The van der Waals surface area contributed by atoms with Crippen LogP contribution in [0.3, 0.4) is 0 Å². The SMILES string of the molecule is CN1C(=O)C=C[C@]2(C)[C@H]3CC[C@]4(C)[C@@H](OC(=O)NC(C)(C)c5cccs5)CC[C@H]4[C@@H]3CC[C@@H]12. The second-order valence-electron chi connectivity index (χ2n) is 11.9. The number of thiophene rings is 1. The van der Waals surface area contributed by atoms with E-state index in [1.807, 2.05) is 37.2 Å². The molecule has 3 saturated carbocycles. The Morgan fingerprint density at radius 3 is 2.70 bits per heavy atom. The van der Waals surface area contributed by atoms with Gasteiger partial charge >= 0.3 is 6.09 Å². The Balaban J connectivity index is 1.30. The zero-order valence-corrected chi connectivity index (χ0v) is 21.4. The van der Waals surface area contributed by atoms with Crippen molar-refractivity contribution in [2.75, 3.05) is 7.05 Å². The molecule has 5 rings (SSSR count). The number of alkyl carbamates (subject to hydrolysis) is 1. The summed E-state index contributed by atoms with van der Waals surface area (Å²) in [7, 11) is 1.97. The van der Waals surface area contributed by atoms with Gasteiger partial charge < -0.3 is 15.0 Å². The normalized spacial score (nSPS) is 40.1. The van der Waals surface area contributed by atoms with E-state index >= 15 is 0 Å². The predicted octanol–water partition coefficient (Wildman–Crippen LogP) is 5.72. The summed E-state index contributed by atoms with van der Waals surface area (Å²) in [5.74, 6) is 1.94. The zero-order valence-electron chi connectivity index (χ0n) is 20.6. The van der Waals surface area contributed by atoms with E-state index in [4.69, 9.17) is 4.74 Å². The fourth-order valence-electron chi connectivity index (χ4n) is 7.99. The van der Waals surface area contributed by atoms with Gasteiger partial charge in [-0.2, -0.15) is 0 Å². The van der Waals surface area contributed by atoms with Crippen molar-refractivity contribution in [1.29, 1.82) is 0 Å². The van der Waals surface area contributed by atoms with E-state index in [0.29, 0.717) is 23.8 Å². The number of carbonyl (C=O) groups excluding carboxylic acids is 2. The second-order valence-corrected chi connectivity index (χ2v) is 12.8. The molecule has 0 radical (unpaired) electrons. The van der Waals surface area contributed by atoms with E-state index in [1.165, 1.54) is 6.42 Å². The molecule has 6 heteroatoms. The maximum absolute atomic E-state index is 12.9. The van der Waals surface area contributed by atoms with Crippen LogP contribution < -0.4 is 5.32 Å². The second kappa shape index (κ2) is 7.86. The van der Waals surface area contributed by atoms with Crippen LogP contribution in [0.1, 0.15) is 71.1 Å². The number of amides is 2. The van der Waals surface area contributed by atoms with Gasteiger partial charge in [0.1, 0.15) is 6.10 Å². The third-order valence-electron chi connectivity index (χ3n) is 9.84. The molecule has 33 heavy (non-hydrogen) atoms. The van der Waals surface area contributed by atoms with Gasteiger partial charge in [0, 0.05) is 28.8 Å². The molecule has 5 nitrogen and oxygen atoms in total. The fourth-order valence-corrected chi connectivity index (χ4v) is 8.80. The molecule has 7 atom stereocenters. The lowest BCUT2D eigenvalue weighted by Crippen LogP contribution is -2.60. The van der Waals surface area contributed by atoms with Crippen LogP contribution in [0.15, 0.2) is 29.7 Å².